The van der Waals surface area contributed by atoms with Gasteiger partial charge in [0.25, 0.3) is 5.91 Å². The molecule has 1 heterocycles. The van der Waals surface area contributed by atoms with Crippen molar-refractivity contribution in [3.63, 3.8) is 0 Å². The molecule has 2 nitrogen and oxygen atoms in total. The van der Waals surface area contributed by atoms with Crippen molar-refractivity contribution in [1.29, 1.82) is 0 Å². The number of anilines is 1. The molecular formula is C22H16FNOS. The smallest absolute Gasteiger partial charge is 0.255 e. The summed E-state index contributed by atoms with van der Waals surface area (Å²) in [5, 5.41) is 5.92. The Bertz CT molecular complexity index is 1100. The van der Waals surface area contributed by atoms with E-state index in [1.54, 1.807) is 23.5 Å². The van der Waals surface area contributed by atoms with Gasteiger partial charge in [-0.25, -0.2) is 4.39 Å². The largest absolute Gasteiger partial charge is 0.322 e. The Hall–Kier alpha value is -2.98. The molecule has 0 aliphatic heterocycles. The van der Waals surface area contributed by atoms with Gasteiger partial charge in [0.1, 0.15) is 5.82 Å². The van der Waals surface area contributed by atoms with E-state index >= 15 is 0 Å². The number of fused-ring (bicyclic) bond motifs is 1. The number of carbonyl (C=O) groups is 1. The van der Waals surface area contributed by atoms with Crippen LogP contribution in [0.25, 0.3) is 21.2 Å². The zero-order chi connectivity index (χ0) is 18.1. The maximum atomic E-state index is 13.4. The Morgan fingerprint density at radius 3 is 2.58 bits per heavy atom. The van der Waals surface area contributed by atoms with Crippen molar-refractivity contribution in [1.82, 2.24) is 0 Å². The molecule has 3 aromatic carbocycles. The Morgan fingerprint density at radius 1 is 1.00 bits per heavy atom. The second kappa shape index (κ2) is 6.73. The van der Waals surface area contributed by atoms with Gasteiger partial charge in [-0.3, -0.25) is 4.79 Å². The SMILES string of the molecule is Cc1ccc(-c2cc(C(=O)Nc3cccc(F)c3)cc3sccc23)cc1. The molecule has 0 unspecified atom stereocenters. The number of hydrogen-bond acceptors (Lipinski definition) is 2. The van der Waals surface area contributed by atoms with Crippen LogP contribution < -0.4 is 5.32 Å². The summed E-state index contributed by atoms with van der Waals surface area (Å²) in [4.78, 5) is 12.7. The van der Waals surface area contributed by atoms with E-state index in [1.807, 2.05) is 24.4 Å². The van der Waals surface area contributed by atoms with Gasteiger partial charge in [-0.05, 0) is 59.8 Å². The number of thiophene rings is 1. The second-order valence-electron chi connectivity index (χ2n) is 6.19. The summed E-state index contributed by atoms with van der Waals surface area (Å²) >= 11 is 1.60. The third-order valence-electron chi connectivity index (χ3n) is 4.28. The lowest BCUT2D eigenvalue weighted by Gasteiger charge is -2.10. The van der Waals surface area contributed by atoms with E-state index < -0.39 is 0 Å². The highest BCUT2D eigenvalue weighted by atomic mass is 32.1. The van der Waals surface area contributed by atoms with Gasteiger partial charge in [0.15, 0.2) is 0 Å². The first-order valence-corrected chi connectivity index (χ1v) is 9.13. The summed E-state index contributed by atoms with van der Waals surface area (Å²) in [5.41, 5.74) is 4.28. The van der Waals surface area contributed by atoms with Crippen LogP contribution >= 0.6 is 11.3 Å². The summed E-state index contributed by atoms with van der Waals surface area (Å²) in [7, 11) is 0. The lowest BCUT2D eigenvalue weighted by Crippen LogP contribution is -2.12. The van der Waals surface area contributed by atoms with Crippen LogP contribution in [0.2, 0.25) is 0 Å². The first-order chi connectivity index (χ1) is 12.6. The van der Waals surface area contributed by atoms with E-state index in [1.165, 1.54) is 17.7 Å². The van der Waals surface area contributed by atoms with Crippen LogP contribution in [0.5, 0.6) is 0 Å². The Kier molecular flexibility index (Phi) is 4.27. The monoisotopic (exact) mass is 361 g/mol. The van der Waals surface area contributed by atoms with Crippen LogP contribution in [0.4, 0.5) is 10.1 Å². The number of hydrogen-bond donors (Lipinski definition) is 1. The second-order valence-corrected chi connectivity index (χ2v) is 7.13. The normalized spacial score (nSPS) is 10.8. The van der Waals surface area contributed by atoms with Gasteiger partial charge in [-0.15, -0.1) is 11.3 Å². The topological polar surface area (TPSA) is 29.1 Å². The van der Waals surface area contributed by atoms with Crippen LogP contribution in [-0.4, -0.2) is 5.91 Å². The van der Waals surface area contributed by atoms with Crippen molar-refractivity contribution in [3.8, 4) is 11.1 Å². The quantitative estimate of drug-likeness (QED) is 0.458. The van der Waals surface area contributed by atoms with Crippen molar-refractivity contribution in [2.45, 2.75) is 6.92 Å². The molecule has 0 aliphatic carbocycles. The first-order valence-electron chi connectivity index (χ1n) is 8.25. The Morgan fingerprint density at radius 2 is 1.81 bits per heavy atom. The molecule has 26 heavy (non-hydrogen) atoms. The third-order valence-corrected chi connectivity index (χ3v) is 5.14. The number of aryl methyl sites for hydroxylation is 1. The molecule has 1 aromatic heterocycles. The number of benzene rings is 3. The molecule has 4 rings (SSSR count). The molecule has 0 saturated heterocycles. The van der Waals surface area contributed by atoms with E-state index in [4.69, 9.17) is 0 Å². The highest BCUT2D eigenvalue weighted by Gasteiger charge is 2.13. The molecule has 0 aliphatic rings. The van der Waals surface area contributed by atoms with Crippen LogP contribution in [0.15, 0.2) is 72.1 Å². The van der Waals surface area contributed by atoms with E-state index in [9.17, 15) is 9.18 Å². The van der Waals surface area contributed by atoms with Gasteiger partial charge in [0, 0.05) is 21.3 Å². The number of amides is 1. The number of halogens is 1. The summed E-state index contributed by atoms with van der Waals surface area (Å²) < 4.78 is 14.4. The lowest BCUT2D eigenvalue weighted by atomic mass is 9.98. The van der Waals surface area contributed by atoms with E-state index in [0.717, 1.165) is 21.2 Å². The van der Waals surface area contributed by atoms with Crippen LogP contribution in [0, 0.1) is 12.7 Å². The van der Waals surface area contributed by atoms with Crippen LogP contribution in [-0.2, 0) is 0 Å². The van der Waals surface area contributed by atoms with E-state index in [-0.39, 0.29) is 11.7 Å². The fraction of sp³-hybridized carbons (Fsp3) is 0.0455. The molecule has 0 fully saturated rings. The highest BCUT2D eigenvalue weighted by Crippen LogP contribution is 2.33. The van der Waals surface area contributed by atoms with Crippen molar-refractivity contribution in [3.05, 3.63) is 89.1 Å². The predicted molar refractivity (Wildman–Crippen MR) is 106 cm³/mol. The third kappa shape index (κ3) is 3.24. The molecule has 0 radical (unpaired) electrons. The van der Waals surface area contributed by atoms with Crippen molar-refractivity contribution in [2.75, 3.05) is 5.32 Å². The van der Waals surface area contributed by atoms with Gasteiger partial charge in [0.05, 0.1) is 0 Å². The minimum absolute atomic E-state index is 0.251. The predicted octanol–water partition coefficient (Wildman–Crippen LogP) is 6.27. The van der Waals surface area contributed by atoms with Crippen molar-refractivity contribution >= 4 is 33.0 Å². The van der Waals surface area contributed by atoms with Crippen LogP contribution in [0.3, 0.4) is 0 Å². The standard InChI is InChI=1S/C22H16FNOS/c1-14-5-7-15(8-6-14)20-11-16(12-21-19(20)9-10-26-21)22(25)24-18-4-2-3-17(23)13-18/h2-13H,1H3,(H,24,25). The van der Waals surface area contributed by atoms with Crippen molar-refractivity contribution in [2.24, 2.45) is 0 Å². The highest BCUT2D eigenvalue weighted by molar-refractivity contribution is 7.17. The van der Waals surface area contributed by atoms with Gasteiger partial charge in [-0.1, -0.05) is 35.9 Å². The molecule has 0 spiro atoms. The van der Waals surface area contributed by atoms with Gasteiger partial charge in [0.2, 0.25) is 0 Å². The molecule has 128 valence electrons. The summed E-state index contributed by atoms with van der Waals surface area (Å²) in [5.74, 6) is -0.629. The average molecular weight is 361 g/mol. The minimum Gasteiger partial charge on any atom is -0.322 e. The fourth-order valence-electron chi connectivity index (χ4n) is 2.94. The number of nitrogens with one attached hydrogen (secondary N) is 1. The Labute approximate surface area is 154 Å². The molecule has 4 heteroatoms. The van der Waals surface area contributed by atoms with Gasteiger partial charge in [-0.2, -0.15) is 0 Å². The first kappa shape index (κ1) is 16.5. The Balaban J connectivity index is 1.76. The summed E-state index contributed by atoms with van der Waals surface area (Å²) in [6, 6.07) is 20.0. The summed E-state index contributed by atoms with van der Waals surface area (Å²) in [6.45, 7) is 2.05. The molecule has 0 bridgehead atoms. The number of carbonyl (C=O) groups excluding carboxylic acids is 1. The van der Waals surface area contributed by atoms with Crippen LogP contribution in [0.1, 0.15) is 15.9 Å². The molecule has 1 amide bonds. The van der Waals surface area contributed by atoms with E-state index in [0.29, 0.717) is 11.3 Å². The maximum Gasteiger partial charge on any atom is 0.255 e. The molecular weight excluding hydrogens is 345 g/mol. The van der Waals surface area contributed by atoms with Gasteiger partial charge >= 0.3 is 0 Å². The minimum atomic E-state index is -0.378. The number of rotatable bonds is 3. The lowest BCUT2D eigenvalue weighted by molar-refractivity contribution is 0.102. The molecule has 4 aromatic rings. The molecule has 0 saturated carbocycles. The zero-order valence-corrected chi connectivity index (χ0v) is 14.9. The average Bonchev–Trinajstić information content (AvgIpc) is 3.10. The summed E-state index contributed by atoms with van der Waals surface area (Å²) in [6.07, 6.45) is 0. The zero-order valence-electron chi connectivity index (χ0n) is 14.1. The maximum absolute atomic E-state index is 13.4. The fourth-order valence-corrected chi connectivity index (χ4v) is 3.79. The van der Waals surface area contributed by atoms with Gasteiger partial charge < -0.3 is 5.32 Å². The molecule has 1 N–H and O–H groups in total. The van der Waals surface area contributed by atoms with E-state index in [2.05, 4.69) is 35.6 Å². The van der Waals surface area contributed by atoms with Crippen molar-refractivity contribution < 1.29 is 9.18 Å². The molecule has 0 atom stereocenters.